The summed E-state index contributed by atoms with van der Waals surface area (Å²) < 4.78 is 34.1. The molecule has 0 aliphatic rings. The van der Waals surface area contributed by atoms with Crippen LogP contribution in [0.3, 0.4) is 0 Å². The van der Waals surface area contributed by atoms with Gasteiger partial charge in [0, 0.05) is 34.7 Å². The normalized spacial score (nSPS) is 9.93. The third kappa shape index (κ3) is 10.4. The van der Waals surface area contributed by atoms with Crippen molar-refractivity contribution in [1.82, 2.24) is 0 Å². The molecule has 0 aliphatic carbocycles. The molecule has 0 radical (unpaired) electrons. The maximum Gasteiger partial charge on any atom is 0.339 e. The van der Waals surface area contributed by atoms with Crippen molar-refractivity contribution in [2.24, 2.45) is 0 Å². The summed E-state index contributed by atoms with van der Waals surface area (Å²) >= 11 is 0. The molecule has 0 amide bonds. The highest BCUT2D eigenvalue weighted by Gasteiger charge is 2.09. The standard InChI is InChI=1S/2C7H7NO3.H2O4S/c2*8-4-1-2-5(7(10)11)6(9)3-4;1-5(2,3)4/h2*1-3,9H,8H2,(H,10,11);(H2,1,2,3,4). The average molecular weight is 404 g/mol. The van der Waals surface area contributed by atoms with E-state index in [1.165, 1.54) is 36.4 Å². The first-order valence-corrected chi connectivity index (χ1v) is 7.99. The Morgan fingerprint density at radius 2 is 1.04 bits per heavy atom. The zero-order valence-corrected chi connectivity index (χ0v) is 14.3. The van der Waals surface area contributed by atoms with Crippen LogP contribution in [0.2, 0.25) is 0 Å². The molecule has 148 valence electrons. The van der Waals surface area contributed by atoms with Crippen molar-refractivity contribution in [2.45, 2.75) is 0 Å². The maximum atomic E-state index is 10.4. The summed E-state index contributed by atoms with van der Waals surface area (Å²) in [5.74, 6) is -2.76. The molecule has 2 rings (SSSR count). The molecule has 0 aromatic heterocycles. The highest BCUT2D eigenvalue weighted by molar-refractivity contribution is 7.79. The largest absolute Gasteiger partial charge is 0.759 e. The summed E-state index contributed by atoms with van der Waals surface area (Å²) in [4.78, 5) is 20.7. The Bertz CT molecular complexity index is 858. The smallest absolute Gasteiger partial charge is 0.339 e. The van der Waals surface area contributed by atoms with Crippen LogP contribution in [0.25, 0.3) is 0 Å². The fraction of sp³-hybridized carbons (Fsp3) is 0. The molecule has 0 saturated heterocycles. The second-order valence-corrected chi connectivity index (χ2v) is 5.54. The van der Waals surface area contributed by atoms with E-state index in [2.05, 4.69) is 11.5 Å². The molecule has 27 heavy (non-hydrogen) atoms. The Hall–Kier alpha value is -3.23. The first-order valence-electron chi connectivity index (χ1n) is 6.65. The van der Waals surface area contributed by atoms with Gasteiger partial charge >= 0.3 is 11.9 Å². The quantitative estimate of drug-likeness (QED) is 0.252. The lowest BCUT2D eigenvalue weighted by Crippen LogP contribution is -2.40. The predicted molar refractivity (Wildman–Crippen MR) is 85.7 cm³/mol. The van der Waals surface area contributed by atoms with E-state index < -0.39 is 22.3 Å². The fourth-order valence-electron chi connectivity index (χ4n) is 1.52. The van der Waals surface area contributed by atoms with Gasteiger partial charge in [-0.05, 0) is 12.1 Å². The molecular weight excluding hydrogens is 388 g/mol. The van der Waals surface area contributed by atoms with Gasteiger partial charge in [0.1, 0.15) is 34.0 Å². The minimum Gasteiger partial charge on any atom is -0.759 e. The van der Waals surface area contributed by atoms with E-state index >= 15 is 0 Å². The van der Waals surface area contributed by atoms with Gasteiger partial charge in [-0.3, -0.25) is 8.42 Å². The van der Waals surface area contributed by atoms with Crippen LogP contribution in [-0.2, 0) is 10.4 Å². The van der Waals surface area contributed by atoms with Gasteiger partial charge in [0.2, 0.25) is 0 Å². The van der Waals surface area contributed by atoms with Crippen molar-refractivity contribution >= 4 is 33.7 Å². The predicted octanol–water partition coefficient (Wildman–Crippen LogP) is -1.41. The van der Waals surface area contributed by atoms with Crippen LogP contribution in [0.15, 0.2) is 36.4 Å². The summed E-state index contributed by atoms with van der Waals surface area (Å²) in [7, 11) is -5.17. The van der Waals surface area contributed by atoms with Crippen molar-refractivity contribution in [2.75, 3.05) is 0 Å². The number of hydrogen-bond donors (Lipinski definition) is 6. The number of carbonyl (C=O) groups is 2. The minimum absolute atomic E-state index is 0.0996. The Balaban J connectivity index is 0.000000405. The molecule has 0 atom stereocenters. The van der Waals surface area contributed by atoms with Gasteiger partial charge in [-0.25, -0.2) is 9.59 Å². The van der Waals surface area contributed by atoms with Crippen LogP contribution >= 0.6 is 0 Å². The van der Waals surface area contributed by atoms with Crippen LogP contribution < -0.4 is 11.5 Å². The van der Waals surface area contributed by atoms with Gasteiger partial charge in [0.05, 0.1) is 0 Å². The summed E-state index contributed by atoms with van der Waals surface area (Å²) in [6, 6.07) is 8.32. The molecule has 0 bridgehead atoms. The molecule has 10 N–H and O–H groups in total. The van der Waals surface area contributed by atoms with Crippen LogP contribution in [0.4, 0.5) is 11.4 Å². The summed E-state index contributed by atoms with van der Waals surface area (Å²) in [5, 5.41) is 35.0. The number of hydrogen-bond acceptors (Lipinski definition) is 8. The van der Waals surface area contributed by atoms with E-state index in [0.717, 1.165) is 0 Å². The molecule has 2 aromatic carbocycles. The topological polar surface area (TPSA) is 251 Å². The van der Waals surface area contributed by atoms with Crippen molar-refractivity contribution in [3.8, 4) is 11.5 Å². The molecule has 13 heteroatoms. The Labute approximate surface area is 152 Å². The molecule has 12 nitrogen and oxygen atoms in total. The van der Waals surface area contributed by atoms with Gasteiger partial charge < -0.3 is 41.0 Å². The maximum absolute atomic E-state index is 10.4. The third-order valence-electron chi connectivity index (χ3n) is 2.59. The number of carboxylic acids is 2. The number of aromatic carboxylic acids is 2. The average Bonchev–Trinajstić information content (AvgIpc) is 2.45. The second-order valence-electron chi connectivity index (χ2n) is 4.72. The molecule has 0 saturated carbocycles. The van der Waals surface area contributed by atoms with E-state index in [0.29, 0.717) is 11.4 Å². The first-order chi connectivity index (χ1) is 12.2. The van der Waals surface area contributed by atoms with Crippen molar-refractivity contribution in [1.29, 1.82) is 0 Å². The van der Waals surface area contributed by atoms with E-state index in [-0.39, 0.29) is 22.6 Å². The van der Waals surface area contributed by atoms with E-state index in [9.17, 15) is 9.59 Å². The zero-order chi connectivity index (χ0) is 21.4. The van der Waals surface area contributed by atoms with Gasteiger partial charge in [0.25, 0.3) is 0 Å². The first kappa shape index (κ1) is 23.8. The second kappa shape index (κ2) is 10.0. The van der Waals surface area contributed by atoms with E-state index in [1.807, 2.05) is 0 Å². The minimum atomic E-state index is -5.17. The van der Waals surface area contributed by atoms with Crippen LogP contribution in [0.1, 0.15) is 20.7 Å². The summed E-state index contributed by atoms with van der Waals surface area (Å²) in [5.41, 5.74) is 8.04. The molecule has 0 fully saturated rings. The number of carboxylic acid groups (broad SMARTS) is 2. The number of phenols is 2. The lowest BCUT2D eigenvalue weighted by molar-refractivity contribution is -0.255. The van der Waals surface area contributed by atoms with Crippen LogP contribution in [-0.4, -0.2) is 49.9 Å². The monoisotopic (exact) mass is 404 g/mol. The lowest BCUT2D eigenvalue weighted by Gasteiger charge is -2.06. The molecule has 0 aliphatic heterocycles. The van der Waals surface area contributed by atoms with Gasteiger partial charge in [0.15, 0.2) is 0 Å². The van der Waals surface area contributed by atoms with E-state index in [1.54, 1.807) is 0 Å². The highest BCUT2D eigenvalue weighted by atomic mass is 32.3. The zero-order valence-electron chi connectivity index (χ0n) is 13.5. The van der Waals surface area contributed by atoms with E-state index in [4.69, 9.17) is 37.9 Å². The van der Waals surface area contributed by atoms with Crippen molar-refractivity contribution in [3.05, 3.63) is 47.5 Å². The van der Waals surface area contributed by atoms with Gasteiger partial charge in [-0.15, -0.1) is 0 Å². The molecule has 0 unspecified atom stereocenters. The summed E-state index contributed by atoms with van der Waals surface area (Å²) in [6.45, 7) is 0. The highest BCUT2D eigenvalue weighted by Crippen LogP contribution is 2.19. The fourth-order valence-corrected chi connectivity index (χ4v) is 1.52. The molecule has 2 aromatic rings. The molecule has 0 heterocycles. The number of benzene rings is 2. The summed E-state index contributed by atoms with van der Waals surface area (Å²) in [6.07, 6.45) is 0. The lowest BCUT2D eigenvalue weighted by atomic mass is 10.2. The molecule has 0 spiro atoms. The number of aromatic hydroxyl groups is 2. The Morgan fingerprint density at radius 3 is 1.22 bits per heavy atom. The van der Waals surface area contributed by atoms with Gasteiger partial charge in [-0.2, -0.15) is 0 Å². The van der Waals surface area contributed by atoms with Crippen LogP contribution in [0.5, 0.6) is 11.5 Å². The van der Waals surface area contributed by atoms with Crippen molar-refractivity contribution < 1.29 is 59.0 Å². The number of quaternary nitrogens is 2. The SMILES string of the molecule is O=S(=O)([O-])[O-].[NH3+]c1ccc(C(=O)O)c(O)c1.[NH3+]c1ccc(C(=O)O)c(O)c1. The number of rotatable bonds is 2. The van der Waals surface area contributed by atoms with Crippen LogP contribution in [0, 0.1) is 0 Å². The third-order valence-corrected chi connectivity index (χ3v) is 2.59. The Morgan fingerprint density at radius 1 is 0.778 bits per heavy atom. The van der Waals surface area contributed by atoms with Gasteiger partial charge in [-0.1, -0.05) is 0 Å². The van der Waals surface area contributed by atoms with Crippen molar-refractivity contribution in [3.63, 3.8) is 0 Å². The molecular formula is C14H16N2O10S. The Kier molecular flexibility index (Phi) is 8.85.